The molecule has 3 aromatic carbocycles. The van der Waals surface area contributed by atoms with E-state index in [-0.39, 0.29) is 26.1 Å². The summed E-state index contributed by atoms with van der Waals surface area (Å²) in [6, 6.07) is 15.5. The van der Waals surface area contributed by atoms with Crippen LogP contribution in [0.5, 0.6) is 28.7 Å². The summed E-state index contributed by atoms with van der Waals surface area (Å²) < 4.78 is 28.5. The molecule has 4 aliphatic heterocycles. The smallest absolute Gasteiger partial charge is 0.245 e. The molecule has 4 heterocycles. The van der Waals surface area contributed by atoms with Crippen molar-refractivity contribution in [2.24, 2.45) is 0 Å². The number of anilines is 3. The van der Waals surface area contributed by atoms with E-state index in [0.29, 0.717) is 29.5 Å². The Morgan fingerprint density at radius 2 is 1.64 bits per heavy atom. The standard InChI is InChI=1S/C28H26N2O6/c1-2-3-4-10-30-20-7-5-6-19(29-17-8-9-21-23(11-17)34-15-33-21)26(20)28(27(30)31)14-32-22-13-25-24(12-18(22)28)35-16-36-25/h5-9,11-13,29H,2-4,10,14-16H2,1H3. The molecule has 1 amide bonds. The lowest BCUT2D eigenvalue weighted by molar-refractivity contribution is -0.122. The summed E-state index contributed by atoms with van der Waals surface area (Å²) in [6.45, 7) is 3.43. The first-order valence-electron chi connectivity index (χ1n) is 12.4. The number of benzene rings is 3. The number of fused-ring (bicyclic) bond motifs is 6. The van der Waals surface area contributed by atoms with E-state index in [4.69, 9.17) is 23.7 Å². The van der Waals surface area contributed by atoms with Crippen LogP contribution in [0.4, 0.5) is 17.1 Å². The normalized spacial score (nSPS) is 20.0. The summed E-state index contributed by atoms with van der Waals surface area (Å²) in [7, 11) is 0. The number of amides is 1. The summed E-state index contributed by atoms with van der Waals surface area (Å²) in [4.78, 5) is 16.2. The Balaban J connectivity index is 1.37. The molecule has 7 rings (SSSR count). The molecule has 8 nitrogen and oxygen atoms in total. The molecule has 0 fully saturated rings. The van der Waals surface area contributed by atoms with Crippen LogP contribution in [0.1, 0.15) is 37.3 Å². The van der Waals surface area contributed by atoms with Gasteiger partial charge in [0.15, 0.2) is 23.0 Å². The number of nitrogens with zero attached hydrogens (tertiary/aromatic N) is 1. The maximum atomic E-state index is 14.3. The fraction of sp³-hybridized carbons (Fsp3) is 0.321. The third-order valence-electron chi connectivity index (χ3n) is 7.39. The van der Waals surface area contributed by atoms with Crippen molar-refractivity contribution in [2.75, 3.05) is 37.0 Å². The van der Waals surface area contributed by atoms with Crippen molar-refractivity contribution in [3.63, 3.8) is 0 Å². The quantitative estimate of drug-likeness (QED) is 0.486. The molecule has 1 unspecified atom stereocenters. The number of rotatable bonds is 6. The zero-order valence-corrected chi connectivity index (χ0v) is 20.0. The van der Waals surface area contributed by atoms with Crippen LogP contribution in [0.15, 0.2) is 48.5 Å². The minimum Gasteiger partial charge on any atom is -0.491 e. The predicted molar refractivity (Wildman–Crippen MR) is 133 cm³/mol. The van der Waals surface area contributed by atoms with Gasteiger partial charge in [-0.05, 0) is 36.8 Å². The molecule has 0 aliphatic carbocycles. The molecule has 0 saturated heterocycles. The van der Waals surface area contributed by atoms with Gasteiger partial charge in [0.1, 0.15) is 17.8 Å². The molecule has 0 radical (unpaired) electrons. The zero-order chi connectivity index (χ0) is 24.3. The summed E-state index contributed by atoms with van der Waals surface area (Å²) in [5.41, 5.74) is 3.38. The lowest BCUT2D eigenvalue weighted by atomic mass is 9.76. The van der Waals surface area contributed by atoms with Gasteiger partial charge in [-0.25, -0.2) is 0 Å². The predicted octanol–water partition coefficient (Wildman–Crippen LogP) is 5.10. The molecule has 0 aromatic heterocycles. The number of hydrogen-bond donors (Lipinski definition) is 1. The van der Waals surface area contributed by atoms with E-state index in [1.807, 2.05) is 53.4 Å². The molecule has 1 spiro atoms. The third-order valence-corrected chi connectivity index (χ3v) is 7.39. The highest BCUT2D eigenvalue weighted by Gasteiger charge is 2.58. The van der Waals surface area contributed by atoms with Crippen molar-refractivity contribution in [3.05, 3.63) is 59.7 Å². The van der Waals surface area contributed by atoms with Gasteiger partial charge in [0.25, 0.3) is 0 Å². The molecule has 3 aromatic rings. The lowest BCUT2D eigenvalue weighted by Gasteiger charge is -2.24. The second-order valence-corrected chi connectivity index (χ2v) is 9.45. The van der Waals surface area contributed by atoms with Crippen LogP contribution in [-0.2, 0) is 10.2 Å². The topological polar surface area (TPSA) is 78.5 Å². The second kappa shape index (κ2) is 7.98. The van der Waals surface area contributed by atoms with Crippen molar-refractivity contribution >= 4 is 23.0 Å². The zero-order valence-electron chi connectivity index (χ0n) is 20.0. The summed E-state index contributed by atoms with van der Waals surface area (Å²) >= 11 is 0. The Kier molecular flexibility index (Phi) is 4.71. The number of hydrogen-bond acceptors (Lipinski definition) is 7. The van der Waals surface area contributed by atoms with Gasteiger partial charge in [-0.15, -0.1) is 0 Å². The van der Waals surface area contributed by atoms with Gasteiger partial charge in [0, 0.05) is 41.2 Å². The van der Waals surface area contributed by atoms with Crippen LogP contribution >= 0.6 is 0 Å². The van der Waals surface area contributed by atoms with Crippen molar-refractivity contribution in [1.29, 1.82) is 0 Å². The first-order valence-corrected chi connectivity index (χ1v) is 12.4. The Morgan fingerprint density at radius 3 is 2.47 bits per heavy atom. The molecule has 4 aliphatic rings. The maximum absolute atomic E-state index is 14.3. The van der Waals surface area contributed by atoms with E-state index in [1.54, 1.807) is 0 Å². The van der Waals surface area contributed by atoms with Gasteiger partial charge in [-0.1, -0.05) is 25.8 Å². The van der Waals surface area contributed by atoms with Crippen LogP contribution in [0, 0.1) is 0 Å². The van der Waals surface area contributed by atoms with Crippen LogP contribution < -0.4 is 33.9 Å². The minimum absolute atomic E-state index is 0.0335. The van der Waals surface area contributed by atoms with E-state index in [0.717, 1.165) is 53.2 Å². The molecular formula is C28H26N2O6. The van der Waals surface area contributed by atoms with Gasteiger partial charge in [0.05, 0.1) is 5.69 Å². The SMILES string of the molecule is CCCCCN1C(=O)C2(COc3cc4c(cc32)OCO4)c2c(Nc3ccc4c(c3)OCO4)cccc21. The van der Waals surface area contributed by atoms with Crippen LogP contribution in [-0.4, -0.2) is 32.6 Å². The Labute approximate surface area is 208 Å². The van der Waals surface area contributed by atoms with Crippen molar-refractivity contribution in [1.82, 2.24) is 0 Å². The minimum atomic E-state index is -0.974. The Bertz CT molecular complexity index is 1390. The average Bonchev–Trinajstić information content (AvgIpc) is 3.66. The van der Waals surface area contributed by atoms with Crippen LogP contribution in [0.3, 0.4) is 0 Å². The van der Waals surface area contributed by atoms with Gasteiger partial charge < -0.3 is 33.9 Å². The number of nitrogens with one attached hydrogen (secondary N) is 1. The highest BCUT2D eigenvalue weighted by Crippen LogP contribution is 2.57. The second-order valence-electron chi connectivity index (χ2n) is 9.45. The molecule has 8 heteroatoms. The largest absolute Gasteiger partial charge is 0.491 e. The third kappa shape index (κ3) is 2.96. The molecule has 0 bridgehead atoms. The summed E-state index contributed by atoms with van der Waals surface area (Å²) in [6.07, 6.45) is 3.08. The first kappa shape index (κ1) is 21.2. The van der Waals surface area contributed by atoms with Crippen molar-refractivity contribution in [3.8, 4) is 28.7 Å². The summed E-state index contributed by atoms with van der Waals surface area (Å²) in [5.74, 6) is 3.39. The Morgan fingerprint density at radius 1 is 0.861 bits per heavy atom. The number of ether oxygens (including phenoxy) is 5. The monoisotopic (exact) mass is 486 g/mol. The van der Waals surface area contributed by atoms with Gasteiger partial charge in [-0.3, -0.25) is 4.79 Å². The molecular weight excluding hydrogens is 460 g/mol. The highest BCUT2D eigenvalue weighted by molar-refractivity contribution is 6.13. The summed E-state index contributed by atoms with van der Waals surface area (Å²) in [5, 5.41) is 3.55. The van der Waals surface area contributed by atoms with Gasteiger partial charge in [-0.2, -0.15) is 0 Å². The molecule has 36 heavy (non-hydrogen) atoms. The van der Waals surface area contributed by atoms with E-state index in [9.17, 15) is 4.79 Å². The molecule has 184 valence electrons. The van der Waals surface area contributed by atoms with Crippen molar-refractivity contribution < 1.29 is 28.5 Å². The van der Waals surface area contributed by atoms with Gasteiger partial charge in [0.2, 0.25) is 19.5 Å². The fourth-order valence-corrected chi connectivity index (χ4v) is 5.66. The number of unbranched alkanes of at least 4 members (excludes halogenated alkanes) is 2. The lowest BCUT2D eigenvalue weighted by Crippen LogP contribution is -2.43. The molecule has 0 saturated carbocycles. The maximum Gasteiger partial charge on any atom is 0.245 e. The van der Waals surface area contributed by atoms with Crippen molar-refractivity contribution in [2.45, 2.75) is 31.6 Å². The van der Waals surface area contributed by atoms with E-state index in [2.05, 4.69) is 12.2 Å². The Hall–Kier alpha value is -4.07. The van der Waals surface area contributed by atoms with Gasteiger partial charge >= 0.3 is 0 Å². The van der Waals surface area contributed by atoms with Crippen LogP contribution in [0.2, 0.25) is 0 Å². The fourth-order valence-electron chi connectivity index (χ4n) is 5.66. The first-order chi connectivity index (χ1) is 17.7. The van der Waals surface area contributed by atoms with E-state index in [1.165, 1.54) is 0 Å². The number of carbonyl (C=O) groups is 1. The number of carbonyl (C=O) groups excluding carboxylic acids is 1. The molecule has 1 N–H and O–H groups in total. The van der Waals surface area contributed by atoms with E-state index < -0.39 is 5.41 Å². The average molecular weight is 487 g/mol. The molecule has 1 atom stereocenters. The van der Waals surface area contributed by atoms with E-state index >= 15 is 0 Å². The highest BCUT2D eigenvalue weighted by atomic mass is 16.7. The van der Waals surface area contributed by atoms with Crippen LogP contribution in [0.25, 0.3) is 0 Å².